The minimum atomic E-state index is -0.299. The second kappa shape index (κ2) is 8.29. The summed E-state index contributed by atoms with van der Waals surface area (Å²) in [6.07, 6.45) is 0. The molecule has 1 aliphatic heterocycles. The molecule has 152 valence electrons. The van der Waals surface area contributed by atoms with Gasteiger partial charge in [-0.3, -0.25) is 0 Å². The molecule has 1 aromatic heterocycles. The van der Waals surface area contributed by atoms with Crippen molar-refractivity contribution in [2.24, 2.45) is 0 Å². The molecule has 0 saturated carbocycles. The van der Waals surface area contributed by atoms with Crippen LogP contribution in [0.4, 0.5) is 11.4 Å². The van der Waals surface area contributed by atoms with Crippen molar-refractivity contribution in [1.29, 1.82) is 0 Å². The normalized spacial score (nSPS) is 15.1. The largest absolute Gasteiger partial charge is 0.422 e. The van der Waals surface area contributed by atoms with Crippen molar-refractivity contribution in [2.45, 2.75) is 27.3 Å². The molecule has 1 fully saturated rings. The first-order valence-electron chi connectivity index (χ1n) is 10.5. The van der Waals surface area contributed by atoms with Crippen molar-refractivity contribution in [3.8, 4) is 0 Å². The third kappa shape index (κ3) is 4.15. The number of piperazine rings is 1. The van der Waals surface area contributed by atoms with E-state index in [4.69, 9.17) is 4.42 Å². The van der Waals surface area contributed by atoms with E-state index < -0.39 is 0 Å². The molecule has 0 atom stereocenters. The van der Waals surface area contributed by atoms with Gasteiger partial charge in [-0.25, -0.2) is 4.79 Å². The van der Waals surface area contributed by atoms with Gasteiger partial charge in [0.15, 0.2) is 0 Å². The van der Waals surface area contributed by atoms with Crippen LogP contribution < -0.4 is 20.7 Å². The molecule has 0 unspecified atom stereocenters. The van der Waals surface area contributed by atoms with Gasteiger partial charge in [-0.15, -0.1) is 0 Å². The molecule has 29 heavy (non-hydrogen) atoms. The van der Waals surface area contributed by atoms with E-state index in [1.807, 2.05) is 19.9 Å². The fourth-order valence-electron chi connectivity index (χ4n) is 4.09. The maximum Gasteiger partial charge on any atom is 0.336 e. The quantitative estimate of drug-likeness (QED) is 0.656. The van der Waals surface area contributed by atoms with E-state index in [0.717, 1.165) is 40.9 Å². The number of nitrogens with one attached hydrogen (secondary N) is 2. The number of nitrogens with zero attached hydrogens (tertiary/aromatic N) is 1. The number of hydrogen-bond acceptors (Lipinski definition) is 4. The lowest BCUT2D eigenvalue weighted by Gasteiger charge is -2.33. The van der Waals surface area contributed by atoms with Gasteiger partial charge in [-0.1, -0.05) is 12.1 Å². The zero-order chi connectivity index (χ0) is 20.4. The maximum atomic E-state index is 12.0. The first-order chi connectivity index (χ1) is 14.0. The Hall–Kier alpha value is -2.79. The first kappa shape index (κ1) is 19.5. The molecule has 2 aromatic carbocycles. The molecule has 0 aliphatic carbocycles. The van der Waals surface area contributed by atoms with Crippen LogP contribution in [0.2, 0.25) is 0 Å². The fourth-order valence-corrected chi connectivity index (χ4v) is 4.09. The molecule has 4 rings (SSSR count). The second-order valence-corrected chi connectivity index (χ2v) is 7.97. The number of anilines is 2. The number of rotatable bonds is 5. The lowest BCUT2D eigenvalue weighted by molar-refractivity contribution is -0.898. The van der Waals surface area contributed by atoms with Crippen molar-refractivity contribution >= 4 is 22.3 Å². The zero-order valence-corrected chi connectivity index (χ0v) is 17.5. The summed E-state index contributed by atoms with van der Waals surface area (Å²) in [5, 5.41) is 4.45. The second-order valence-electron chi connectivity index (χ2n) is 7.97. The van der Waals surface area contributed by atoms with Crippen molar-refractivity contribution in [3.63, 3.8) is 0 Å². The predicted molar refractivity (Wildman–Crippen MR) is 119 cm³/mol. The van der Waals surface area contributed by atoms with Crippen LogP contribution in [0, 0.1) is 13.8 Å². The average molecular weight is 393 g/mol. The number of quaternary nitrogens is 1. The Morgan fingerprint density at radius 3 is 2.48 bits per heavy atom. The van der Waals surface area contributed by atoms with Crippen LogP contribution in [0.25, 0.3) is 11.0 Å². The van der Waals surface area contributed by atoms with E-state index >= 15 is 0 Å². The van der Waals surface area contributed by atoms with Crippen LogP contribution in [-0.2, 0) is 6.54 Å². The molecule has 5 heteroatoms. The number of hydrogen-bond donors (Lipinski definition) is 2. The Kier molecular flexibility index (Phi) is 5.58. The van der Waals surface area contributed by atoms with Crippen LogP contribution in [0.1, 0.15) is 23.6 Å². The third-order valence-electron chi connectivity index (χ3n) is 6.20. The Labute approximate surface area is 171 Å². The van der Waals surface area contributed by atoms with Crippen LogP contribution in [0.3, 0.4) is 0 Å². The van der Waals surface area contributed by atoms with E-state index in [-0.39, 0.29) is 5.63 Å². The van der Waals surface area contributed by atoms with Gasteiger partial charge in [0.1, 0.15) is 5.58 Å². The third-order valence-corrected chi connectivity index (χ3v) is 6.20. The molecular formula is C24H30N3O2+. The minimum Gasteiger partial charge on any atom is -0.422 e. The molecule has 0 spiro atoms. The van der Waals surface area contributed by atoms with Gasteiger partial charge >= 0.3 is 5.63 Å². The summed E-state index contributed by atoms with van der Waals surface area (Å²) in [5.41, 5.74) is 5.84. The summed E-state index contributed by atoms with van der Waals surface area (Å²) in [6, 6.07) is 14.3. The highest BCUT2D eigenvalue weighted by Crippen LogP contribution is 2.24. The van der Waals surface area contributed by atoms with Crippen molar-refractivity contribution in [1.82, 2.24) is 0 Å². The molecule has 0 amide bonds. The first-order valence-corrected chi connectivity index (χ1v) is 10.5. The van der Waals surface area contributed by atoms with Gasteiger partial charge in [-0.2, -0.15) is 0 Å². The van der Waals surface area contributed by atoms with E-state index in [1.54, 1.807) is 11.0 Å². The molecule has 0 bridgehead atoms. The van der Waals surface area contributed by atoms with Crippen LogP contribution in [-0.4, -0.2) is 32.7 Å². The summed E-state index contributed by atoms with van der Waals surface area (Å²) in [4.78, 5) is 16.2. The highest BCUT2D eigenvalue weighted by molar-refractivity contribution is 5.84. The number of likely N-dealkylation sites (N-methyl/N-ethyl adjacent to an activating group) is 1. The summed E-state index contributed by atoms with van der Waals surface area (Å²) < 4.78 is 5.47. The standard InChI is InChI=1S/C24H29N3O2/c1-4-26-11-13-27(14-12-26)21-8-6-20(7-9-21)25-16-19-15-23(28)29-24-18(3)17(2)5-10-22(19)24/h5-10,15,25H,4,11-14,16H2,1-3H3/p+1. The predicted octanol–water partition coefficient (Wildman–Crippen LogP) is 2.75. The van der Waals surface area contributed by atoms with Crippen LogP contribution in [0.5, 0.6) is 0 Å². The molecule has 1 saturated heterocycles. The Balaban J connectivity index is 1.47. The van der Waals surface area contributed by atoms with Crippen molar-refractivity contribution < 1.29 is 9.32 Å². The van der Waals surface area contributed by atoms with E-state index in [1.165, 1.54) is 25.3 Å². The SMILES string of the molecule is CC[NH+]1CCN(c2ccc(NCc3cc(=O)oc4c(C)c(C)ccc34)cc2)CC1. The highest BCUT2D eigenvalue weighted by atomic mass is 16.4. The Morgan fingerprint density at radius 1 is 1.07 bits per heavy atom. The fraction of sp³-hybridized carbons (Fsp3) is 0.375. The van der Waals surface area contributed by atoms with Crippen LogP contribution >= 0.6 is 0 Å². The van der Waals surface area contributed by atoms with Gasteiger partial charge in [0.25, 0.3) is 0 Å². The molecule has 2 N–H and O–H groups in total. The molecule has 0 radical (unpaired) electrons. The maximum absolute atomic E-state index is 12.0. The highest BCUT2D eigenvalue weighted by Gasteiger charge is 2.18. The summed E-state index contributed by atoms with van der Waals surface area (Å²) in [6.45, 7) is 12.7. The van der Waals surface area contributed by atoms with Gasteiger partial charge in [0.2, 0.25) is 0 Å². The van der Waals surface area contributed by atoms with E-state index in [0.29, 0.717) is 12.1 Å². The summed E-state index contributed by atoms with van der Waals surface area (Å²) in [5.74, 6) is 0. The van der Waals surface area contributed by atoms with Gasteiger partial charge in [0.05, 0.1) is 32.7 Å². The zero-order valence-electron chi connectivity index (χ0n) is 17.5. The minimum absolute atomic E-state index is 0.299. The average Bonchev–Trinajstić information content (AvgIpc) is 2.75. The lowest BCUT2D eigenvalue weighted by atomic mass is 10.0. The number of fused-ring (bicyclic) bond motifs is 1. The van der Waals surface area contributed by atoms with Crippen LogP contribution in [0.15, 0.2) is 51.7 Å². The van der Waals surface area contributed by atoms with Crippen molar-refractivity contribution in [2.75, 3.05) is 42.9 Å². The van der Waals surface area contributed by atoms with Gasteiger partial charge in [-0.05, 0) is 61.7 Å². The molecular weight excluding hydrogens is 362 g/mol. The molecule has 3 aromatic rings. The summed E-state index contributed by atoms with van der Waals surface area (Å²) >= 11 is 0. The summed E-state index contributed by atoms with van der Waals surface area (Å²) in [7, 11) is 0. The smallest absolute Gasteiger partial charge is 0.336 e. The van der Waals surface area contributed by atoms with Crippen molar-refractivity contribution in [3.05, 3.63) is 69.6 Å². The van der Waals surface area contributed by atoms with E-state index in [9.17, 15) is 4.79 Å². The Morgan fingerprint density at radius 2 is 1.79 bits per heavy atom. The Bertz CT molecular complexity index is 1050. The van der Waals surface area contributed by atoms with Gasteiger partial charge < -0.3 is 19.5 Å². The van der Waals surface area contributed by atoms with Gasteiger partial charge in [0, 0.05) is 29.4 Å². The molecule has 1 aliphatic rings. The lowest BCUT2D eigenvalue weighted by Crippen LogP contribution is -3.14. The molecule has 5 nitrogen and oxygen atoms in total. The monoisotopic (exact) mass is 392 g/mol. The number of benzene rings is 2. The topological polar surface area (TPSA) is 49.9 Å². The number of aryl methyl sites for hydroxylation is 2. The molecule has 2 heterocycles. The van der Waals surface area contributed by atoms with E-state index in [2.05, 4.69) is 47.5 Å².